The van der Waals surface area contributed by atoms with Gasteiger partial charge >= 0.3 is 6.09 Å². The van der Waals surface area contributed by atoms with Crippen LogP contribution in [0.2, 0.25) is 0 Å². The molecule has 6 rings (SSSR count). The van der Waals surface area contributed by atoms with Crippen LogP contribution >= 0.6 is 0 Å². The zero-order valence-electron chi connectivity index (χ0n) is 19.1. The Morgan fingerprint density at radius 2 is 1.73 bits per heavy atom. The summed E-state index contributed by atoms with van der Waals surface area (Å²) in [5.74, 6) is 0.0919. The van der Waals surface area contributed by atoms with Crippen molar-refractivity contribution >= 4 is 11.7 Å². The second-order valence-corrected chi connectivity index (χ2v) is 9.58. The number of aryl methyl sites for hydroxylation is 2. The quantitative estimate of drug-likeness (QED) is 0.486. The van der Waals surface area contributed by atoms with E-state index in [4.69, 9.17) is 9.72 Å². The number of carbonyl (C=O) groups excluding carboxylic acids is 1. The Labute approximate surface area is 194 Å². The molecule has 0 radical (unpaired) electrons. The lowest BCUT2D eigenvalue weighted by atomic mass is 9.95. The third-order valence-electron chi connectivity index (χ3n) is 7.46. The SMILES string of the molecule is Cc1cnc(C2=CC3CCC(C2)N3C(=O)OCC2c3ccccc3-c3ccccc32)c(C)c1. The molecule has 4 nitrogen and oxygen atoms in total. The normalized spacial score (nSPS) is 20.9. The van der Waals surface area contributed by atoms with Crippen molar-refractivity contribution in [2.75, 3.05) is 6.61 Å². The second-order valence-electron chi connectivity index (χ2n) is 9.58. The Balaban J connectivity index is 1.21. The molecule has 1 aromatic heterocycles. The molecule has 0 spiro atoms. The number of hydrogen-bond donors (Lipinski definition) is 0. The molecule has 2 bridgehead atoms. The van der Waals surface area contributed by atoms with Crippen LogP contribution in [0.4, 0.5) is 4.79 Å². The molecule has 2 atom stereocenters. The highest BCUT2D eigenvalue weighted by Gasteiger charge is 2.41. The van der Waals surface area contributed by atoms with E-state index in [0.29, 0.717) is 6.61 Å². The van der Waals surface area contributed by atoms with Gasteiger partial charge in [-0.25, -0.2) is 4.79 Å². The Bertz CT molecular complexity index is 1230. The lowest BCUT2D eigenvalue weighted by molar-refractivity contribution is 0.0866. The molecule has 1 fully saturated rings. The molecule has 2 aliphatic heterocycles. The molecule has 1 aliphatic carbocycles. The fraction of sp³-hybridized carbons (Fsp3) is 0.310. The summed E-state index contributed by atoms with van der Waals surface area (Å²) < 4.78 is 5.98. The first-order valence-electron chi connectivity index (χ1n) is 11.9. The number of aromatic nitrogens is 1. The Morgan fingerprint density at radius 3 is 2.39 bits per heavy atom. The highest BCUT2D eigenvalue weighted by Crippen LogP contribution is 2.45. The van der Waals surface area contributed by atoms with Crippen LogP contribution in [0.3, 0.4) is 0 Å². The van der Waals surface area contributed by atoms with Gasteiger partial charge in [0.25, 0.3) is 0 Å². The Morgan fingerprint density at radius 1 is 1.03 bits per heavy atom. The Hall–Kier alpha value is -3.40. The molecule has 1 saturated heterocycles. The highest BCUT2D eigenvalue weighted by molar-refractivity contribution is 5.79. The zero-order valence-corrected chi connectivity index (χ0v) is 19.1. The van der Waals surface area contributed by atoms with Crippen molar-refractivity contribution in [2.24, 2.45) is 0 Å². The molecule has 0 N–H and O–H groups in total. The van der Waals surface area contributed by atoms with E-state index in [9.17, 15) is 4.79 Å². The standard InChI is InChI=1S/C29H28N2O2/c1-18-13-19(2)28(30-16-18)20-14-21-11-12-22(15-20)31(21)29(32)33-17-27-25-9-5-3-7-23(25)24-8-4-6-10-26(24)27/h3-10,13-14,16,21-22,27H,11-12,15,17H2,1-2H3. The molecule has 2 aromatic carbocycles. The van der Waals surface area contributed by atoms with E-state index in [1.807, 2.05) is 11.1 Å². The minimum atomic E-state index is -0.187. The topological polar surface area (TPSA) is 42.4 Å². The molecule has 1 amide bonds. The lowest BCUT2D eigenvalue weighted by Gasteiger charge is -2.33. The van der Waals surface area contributed by atoms with Crippen LogP contribution in [0.5, 0.6) is 0 Å². The number of hydrogen-bond acceptors (Lipinski definition) is 3. The largest absolute Gasteiger partial charge is 0.448 e. The van der Waals surface area contributed by atoms with Crippen LogP contribution < -0.4 is 0 Å². The predicted octanol–water partition coefficient (Wildman–Crippen LogP) is 6.27. The van der Waals surface area contributed by atoms with E-state index in [2.05, 4.69) is 74.5 Å². The van der Waals surface area contributed by atoms with Gasteiger partial charge in [-0.1, -0.05) is 60.7 Å². The summed E-state index contributed by atoms with van der Waals surface area (Å²) in [5, 5.41) is 0. The summed E-state index contributed by atoms with van der Waals surface area (Å²) in [6.07, 6.45) is 6.84. The van der Waals surface area contributed by atoms with Gasteiger partial charge in [0.15, 0.2) is 0 Å². The van der Waals surface area contributed by atoms with Crippen LogP contribution in [0.15, 0.2) is 66.9 Å². The van der Waals surface area contributed by atoms with E-state index in [-0.39, 0.29) is 24.1 Å². The first-order valence-corrected chi connectivity index (χ1v) is 11.9. The van der Waals surface area contributed by atoms with Crippen molar-refractivity contribution in [2.45, 2.75) is 51.1 Å². The van der Waals surface area contributed by atoms with E-state index < -0.39 is 0 Å². The number of amides is 1. The summed E-state index contributed by atoms with van der Waals surface area (Å²) in [4.78, 5) is 19.9. The monoisotopic (exact) mass is 436 g/mol. The van der Waals surface area contributed by atoms with Gasteiger partial charge in [0.1, 0.15) is 6.61 Å². The summed E-state index contributed by atoms with van der Waals surface area (Å²) in [7, 11) is 0. The van der Waals surface area contributed by atoms with Gasteiger partial charge in [-0.05, 0) is 72.1 Å². The third-order valence-corrected chi connectivity index (χ3v) is 7.46. The fourth-order valence-corrected chi connectivity index (χ4v) is 6.01. The number of ether oxygens (including phenoxy) is 1. The predicted molar refractivity (Wildman–Crippen MR) is 130 cm³/mol. The maximum absolute atomic E-state index is 13.3. The van der Waals surface area contributed by atoms with E-state index in [1.54, 1.807) is 0 Å². The molecular formula is C29H28N2O2. The van der Waals surface area contributed by atoms with E-state index in [0.717, 1.165) is 25.0 Å². The minimum Gasteiger partial charge on any atom is -0.448 e. The average molecular weight is 437 g/mol. The molecule has 33 heavy (non-hydrogen) atoms. The highest BCUT2D eigenvalue weighted by atomic mass is 16.6. The van der Waals surface area contributed by atoms with Crippen molar-refractivity contribution in [3.8, 4) is 11.1 Å². The second kappa shape index (κ2) is 7.87. The number of rotatable bonds is 3. The smallest absolute Gasteiger partial charge is 0.410 e. The first-order chi connectivity index (χ1) is 16.1. The number of pyridine rings is 1. The summed E-state index contributed by atoms with van der Waals surface area (Å²) >= 11 is 0. The zero-order chi connectivity index (χ0) is 22.5. The molecule has 4 heteroatoms. The van der Waals surface area contributed by atoms with E-state index >= 15 is 0 Å². The van der Waals surface area contributed by atoms with E-state index in [1.165, 1.54) is 39.0 Å². The van der Waals surface area contributed by atoms with Gasteiger partial charge in [-0.2, -0.15) is 0 Å². The summed E-state index contributed by atoms with van der Waals surface area (Å²) in [6, 6.07) is 19.4. The van der Waals surface area contributed by atoms with Gasteiger partial charge in [-0.3, -0.25) is 9.88 Å². The molecule has 2 unspecified atom stereocenters. The van der Waals surface area contributed by atoms with Crippen LogP contribution in [-0.4, -0.2) is 34.7 Å². The minimum absolute atomic E-state index is 0.0919. The number of nitrogens with zero attached hydrogens (tertiary/aromatic N) is 2. The average Bonchev–Trinajstić information content (AvgIpc) is 3.28. The molecule has 166 valence electrons. The van der Waals surface area contributed by atoms with Crippen molar-refractivity contribution in [3.63, 3.8) is 0 Å². The lowest BCUT2D eigenvalue weighted by Crippen LogP contribution is -2.43. The maximum atomic E-state index is 13.3. The van der Waals surface area contributed by atoms with Crippen molar-refractivity contribution < 1.29 is 9.53 Å². The summed E-state index contributed by atoms with van der Waals surface area (Å²) in [5.41, 5.74) is 9.72. The van der Waals surface area contributed by atoms with Gasteiger partial charge in [0, 0.05) is 18.2 Å². The number of fused-ring (bicyclic) bond motifs is 5. The Kier molecular flexibility index (Phi) is 4.83. The van der Waals surface area contributed by atoms with Gasteiger partial charge < -0.3 is 4.74 Å². The molecule has 0 saturated carbocycles. The van der Waals surface area contributed by atoms with Crippen molar-refractivity contribution in [3.05, 3.63) is 94.8 Å². The molecule has 3 heterocycles. The molecular weight excluding hydrogens is 408 g/mol. The van der Waals surface area contributed by atoms with Crippen LogP contribution in [0.1, 0.15) is 53.1 Å². The van der Waals surface area contributed by atoms with Crippen LogP contribution in [-0.2, 0) is 4.74 Å². The van der Waals surface area contributed by atoms with Crippen LogP contribution in [0.25, 0.3) is 16.7 Å². The van der Waals surface area contributed by atoms with Gasteiger partial charge in [-0.15, -0.1) is 0 Å². The maximum Gasteiger partial charge on any atom is 0.410 e. The molecule has 3 aromatic rings. The number of benzene rings is 2. The van der Waals surface area contributed by atoms with Crippen molar-refractivity contribution in [1.29, 1.82) is 0 Å². The fourth-order valence-electron chi connectivity index (χ4n) is 6.01. The van der Waals surface area contributed by atoms with Gasteiger partial charge in [0.05, 0.1) is 11.7 Å². The number of carbonyl (C=O) groups is 1. The van der Waals surface area contributed by atoms with Crippen molar-refractivity contribution in [1.82, 2.24) is 9.88 Å². The summed E-state index contributed by atoms with van der Waals surface area (Å²) in [6.45, 7) is 4.57. The van der Waals surface area contributed by atoms with Gasteiger partial charge in [0.2, 0.25) is 0 Å². The van der Waals surface area contributed by atoms with Crippen LogP contribution in [0, 0.1) is 13.8 Å². The third kappa shape index (κ3) is 3.36. The first kappa shape index (κ1) is 20.2. The molecule has 3 aliphatic rings.